The summed E-state index contributed by atoms with van der Waals surface area (Å²) in [6.45, 7) is 3.15. The summed E-state index contributed by atoms with van der Waals surface area (Å²) < 4.78 is 11.2. The number of pyridine rings is 1. The Bertz CT molecular complexity index is 549. The lowest BCUT2D eigenvalue weighted by molar-refractivity contribution is -0.0664. The highest BCUT2D eigenvalue weighted by atomic mass is 16.5. The van der Waals surface area contributed by atoms with Crippen molar-refractivity contribution in [3.05, 3.63) is 23.9 Å². The average molecular weight is 305 g/mol. The van der Waals surface area contributed by atoms with Crippen LogP contribution in [0.1, 0.15) is 23.7 Å². The number of nitrogens with zero attached hydrogens (tertiary/aromatic N) is 2. The average Bonchev–Trinajstić information content (AvgIpc) is 2.88. The van der Waals surface area contributed by atoms with Crippen LogP contribution in [0.5, 0.6) is 5.88 Å². The van der Waals surface area contributed by atoms with Gasteiger partial charge in [0.05, 0.1) is 24.8 Å². The first-order valence-corrected chi connectivity index (χ1v) is 7.80. The van der Waals surface area contributed by atoms with Crippen molar-refractivity contribution in [2.24, 2.45) is 5.92 Å². The molecule has 1 aliphatic carbocycles. The molecule has 1 N–H and O–H groups in total. The van der Waals surface area contributed by atoms with E-state index >= 15 is 0 Å². The summed E-state index contributed by atoms with van der Waals surface area (Å²) >= 11 is 0. The molecule has 0 unspecified atom stereocenters. The van der Waals surface area contributed by atoms with E-state index in [0.29, 0.717) is 24.0 Å². The lowest BCUT2D eigenvalue weighted by atomic mass is 9.71. The maximum atomic E-state index is 12.6. The maximum absolute atomic E-state index is 12.6. The minimum Gasteiger partial charge on any atom is -0.477 e. The molecule has 6 heteroatoms. The van der Waals surface area contributed by atoms with Crippen LogP contribution in [0.25, 0.3) is 0 Å². The third kappa shape index (κ3) is 2.57. The molecule has 0 radical (unpaired) electrons. The van der Waals surface area contributed by atoms with Crippen molar-refractivity contribution in [3.8, 4) is 5.88 Å². The second-order valence-corrected chi connectivity index (χ2v) is 6.03. The van der Waals surface area contributed by atoms with E-state index in [1.54, 1.807) is 18.3 Å². The number of aromatic nitrogens is 1. The Labute approximate surface area is 130 Å². The first kappa shape index (κ1) is 15.2. The van der Waals surface area contributed by atoms with Gasteiger partial charge in [0, 0.05) is 18.7 Å². The summed E-state index contributed by atoms with van der Waals surface area (Å²) in [5.74, 6) is 0.671. The van der Waals surface area contributed by atoms with E-state index in [-0.39, 0.29) is 24.1 Å². The normalized spacial score (nSPS) is 29.8. The summed E-state index contributed by atoms with van der Waals surface area (Å²) in [7, 11) is 4.05. The smallest absolute Gasteiger partial charge is 0.257 e. The highest BCUT2D eigenvalue weighted by molar-refractivity contribution is 5.96. The van der Waals surface area contributed by atoms with Crippen molar-refractivity contribution < 1.29 is 14.3 Å². The zero-order chi connectivity index (χ0) is 15.7. The summed E-state index contributed by atoms with van der Waals surface area (Å²) in [6, 6.07) is 3.84. The molecule has 1 aromatic heterocycles. The summed E-state index contributed by atoms with van der Waals surface area (Å²) in [5, 5.41) is 3.15. The molecule has 1 aromatic rings. The molecular formula is C16H23N3O3. The van der Waals surface area contributed by atoms with Gasteiger partial charge in [-0.25, -0.2) is 4.98 Å². The van der Waals surface area contributed by atoms with Gasteiger partial charge in [-0.2, -0.15) is 0 Å². The Morgan fingerprint density at radius 2 is 2.36 bits per heavy atom. The van der Waals surface area contributed by atoms with E-state index in [0.717, 1.165) is 13.0 Å². The van der Waals surface area contributed by atoms with Gasteiger partial charge in [0.1, 0.15) is 5.56 Å². The Balaban J connectivity index is 1.74. The highest BCUT2D eigenvalue weighted by Crippen LogP contribution is 2.41. The van der Waals surface area contributed by atoms with E-state index in [2.05, 4.69) is 15.2 Å². The van der Waals surface area contributed by atoms with Crippen molar-refractivity contribution in [1.82, 2.24) is 15.2 Å². The van der Waals surface area contributed by atoms with Crippen LogP contribution >= 0.6 is 0 Å². The molecule has 22 heavy (non-hydrogen) atoms. The molecule has 0 spiro atoms. The van der Waals surface area contributed by atoms with Gasteiger partial charge in [-0.1, -0.05) is 0 Å². The maximum Gasteiger partial charge on any atom is 0.257 e. The van der Waals surface area contributed by atoms with Gasteiger partial charge in [-0.05, 0) is 39.6 Å². The highest BCUT2D eigenvalue weighted by Gasteiger charge is 2.55. The Morgan fingerprint density at radius 1 is 1.55 bits per heavy atom. The fourth-order valence-electron chi connectivity index (χ4n) is 3.53. The van der Waals surface area contributed by atoms with Gasteiger partial charge in [-0.15, -0.1) is 0 Å². The van der Waals surface area contributed by atoms with Crippen LogP contribution in [0, 0.1) is 5.92 Å². The predicted octanol–water partition coefficient (Wildman–Crippen LogP) is 0.928. The molecule has 2 heterocycles. The number of ether oxygens (including phenoxy) is 2. The number of nitrogens with one attached hydrogen (secondary N) is 1. The predicted molar refractivity (Wildman–Crippen MR) is 82.0 cm³/mol. The van der Waals surface area contributed by atoms with Crippen molar-refractivity contribution in [3.63, 3.8) is 0 Å². The molecule has 120 valence electrons. The number of carbonyl (C=O) groups excluding carboxylic acids is 1. The van der Waals surface area contributed by atoms with E-state index in [9.17, 15) is 4.79 Å². The van der Waals surface area contributed by atoms with Crippen molar-refractivity contribution >= 4 is 5.91 Å². The Kier molecular flexibility index (Phi) is 4.31. The SMILES string of the molecule is CCOc1ncccc1C(=O)N[C@@H]1[C@@H]2CCO[C@@H]2[C@H]1N(C)C. The largest absolute Gasteiger partial charge is 0.477 e. The summed E-state index contributed by atoms with van der Waals surface area (Å²) in [5.41, 5.74) is 0.490. The van der Waals surface area contributed by atoms with Crippen molar-refractivity contribution in [2.45, 2.75) is 31.5 Å². The molecule has 3 rings (SSSR count). The van der Waals surface area contributed by atoms with E-state index in [4.69, 9.17) is 9.47 Å². The number of likely N-dealkylation sites (N-methyl/N-ethyl adjacent to an activating group) is 1. The van der Waals surface area contributed by atoms with Crippen LogP contribution < -0.4 is 10.1 Å². The lowest BCUT2D eigenvalue weighted by Gasteiger charge is -2.50. The topological polar surface area (TPSA) is 63.7 Å². The number of rotatable bonds is 5. The van der Waals surface area contributed by atoms with Crippen LogP contribution in [0.2, 0.25) is 0 Å². The summed E-state index contributed by atoms with van der Waals surface area (Å²) in [6.07, 6.45) is 2.88. The number of carbonyl (C=O) groups is 1. The van der Waals surface area contributed by atoms with E-state index in [1.807, 2.05) is 21.0 Å². The molecule has 0 bridgehead atoms. The molecule has 2 aliphatic rings. The molecule has 1 aliphatic heterocycles. The molecule has 2 fully saturated rings. The number of fused-ring (bicyclic) bond motifs is 1. The van der Waals surface area contributed by atoms with Crippen molar-refractivity contribution in [2.75, 3.05) is 27.3 Å². The molecule has 6 nitrogen and oxygen atoms in total. The van der Waals surface area contributed by atoms with Gasteiger partial charge >= 0.3 is 0 Å². The quantitative estimate of drug-likeness (QED) is 0.877. The van der Waals surface area contributed by atoms with E-state index < -0.39 is 0 Å². The third-order valence-electron chi connectivity index (χ3n) is 4.54. The Morgan fingerprint density at radius 3 is 3.09 bits per heavy atom. The van der Waals surface area contributed by atoms with Crippen LogP contribution in [0.3, 0.4) is 0 Å². The van der Waals surface area contributed by atoms with Gasteiger partial charge < -0.3 is 19.7 Å². The fourth-order valence-corrected chi connectivity index (χ4v) is 3.53. The minimum absolute atomic E-state index is 0.115. The van der Waals surface area contributed by atoms with Gasteiger partial charge in [0.25, 0.3) is 5.91 Å². The standard InChI is InChI=1S/C16H23N3O3/c1-4-21-16-11(6-5-8-17-16)15(20)18-12-10-7-9-22-14(10)13(12)19(2)3/h5-6,8,10,12-14H,4,7,9H2,1-3H3,(H,18,20)/t10-,12+,13-,14-/m0/s1. The molecule has 1 amide bonds. The molecular weight excluding hydrogens is 282 g/mol. The third-order valence-corrected chi connectivity index (χ3v) is 4.54. The van der Waals surface area contributed by atoms with Crippen LogP contribution in [0.4, 0.5) is 0 Å². The molecule has 1 saturated heterocycles. The number of hydrogen-bond acceptors (Lipinski definition) is 5. The molecule has 1 saturated carbocycles. The number of hydrogen-bond donors (Lipinski definition) is 1. The monoisotopic (exact) mass is 305 g/mol. The first-order valence-electron chi connectivity index (χ1n) is 7.80. The zero-order valence-electron chi connectivity index (χ0n) is 13.3. The fraction of sp³-hybridized carbons (Fsp3) is 0.625. The van der Waals surface area contributed by atoms with E-state index in [1.165, 1.54) is 0 Å². The zero-order valence-corrected chi connectivity index (χ0v) is 13.3. The first-order chi connectivity index (χ1) is 10.6. The van der Waals surface area contributed by atoms with Crippen molar-refractivity contribution in [1.29, 1.82) is 0 Å². The minimum atomic E-state index is -0.126. The Hall–Kier alpha value is -1.66. The van der Waals surface area contributed by atoms with Crippen LogP contribution in [-0.4, -0.2) is 61.3 Å². The molecule has 4 atom stereocenters. The van der Waals surface area contributed by atoms with Gasteiger partial charge in [0.15, 0.2) is 0 Å². The molecule has 0 aromatic carbocycles. The van der Waals surface area contributed by atoms with Crippen LogP contribution in [0.15, 0.2) is 18.3 Å². The van der Waals surface area contributed by atoms with Gasteiger partial charge in [0.2, 0.25) is 5.88 Å². The van der Waals surface area contributed by atoms with Gasteiger partial charge in [-0.3, -0.25) is 4.79 Å². The lowest BCUT2D eigenvalue weighted by Crippen LogP contribution is -2.69. The van der Waals surface area contributed by atoms with Crippen LogP contribution in [-0.2, 0) is 4.74 Å². The second kappa shape index (κ2) is 6.22. The number of amides is 1. The summed E-state index contributed by atoms with van der Waals surface area (Å²) in [4.78, 5) is 18.9. The second-order valence-electron chi connectivity index (χ2n) is 6.03.